The molecule has 5 atom stereocenters. The Hall–Kier alpha value is -2.68. The van der Waals surface area contributed by atoms with Gasteiger partial charge in [0.2, 0.25) is 17.7 Å². The number of amides is 3. The van der Waals surface area contributed by atoms with Crippen molar-refractivity contribution in [3.8, 4) is 0 Å². The van der Waals surface area contributed by atoms with Crippen LogP contribution in [0.25, 0.3) is 0 Å². The van der Waals surface area contributed by atoms with Gasteiger partial charge in [0, 0.05) is 18.2 Å². The van der Waals surface area contributed by atoms with Crippen LogP contribution in [0.15, 0.2) is 22.7 Å². The third-order valence-electron chi connectivity index (χ3n) is 7.79. The molecule has 3 amide bonds. The number of nitrogens with zero attached hydrogens (tertiary/aromatic N) is 2. The molecular weight excluding hydrogens is 412 g/mol. The van der Waals surface area contributed by atoms with E-state index in [1.165, 1.54) is 0 Å². The maximum absolute atomic E-state index is 13.7. The molecule has 1 spiro atoms. The number of anilines is 1. The van der Waals surface area contributed by atoms with Crippen molar-refractivity contribution in [2.75, 3.05) is 5.32 Å². The van der Waals surface area contributed by atoms with Gasteiger partial charge >= 0.3 is 0 Å². The first kappa shape index (κ1) is 20.0. The van der Waals surface area contributed by atoms with Gasteiger partial charge in [-0.2, -0.15) is 0 Å². The van der Waals surface area contributed by atoms with E-state index in [1.54, 1.807) is 17.9 Å². The highest BCUT2D eigenvalue weighted by Crippen LogP contribution is 2.61. The van der Waals surface area contributed by atoms with Crippen LogP contribution in [0.1, 0.15) is 51.2 Å². The summed E-state index contributed by atoms with van der Waals surface area (Å²) in [6.45, 7) is 3.56. The van der Waals surface area contributed by atoms with Crippen LogP contribution in [-0.2, 0) is 19.1 Å². The van der Waals surface area contributed by atoms with Gasteiger partial charge < -0.3 is 24.8 Å². The Labute approximate surface area is 185 Å². The van der Waals surface area contributed by atoms with E-state index in [0.29, 0.717) is 11.6 Å². The van der Waals surface area contributed by atoms with Gasteiger partial charge in [-0.25, -0.2) is 0 Å². The monoisotopic (exact) mass is 440 g/mol. The highest BCUT2D eigenvalue weighted by Gasteiger charge is 2.77. The molecule has 9 heteroatoms. The Morgan fingerprint density at radius 2 is 1.91 bits per heavy atom. The van der Waals surface area contributed by atoms with Gasteiger partial charge in [-0.05, 0) is 39.5 Å². The van der Waals surface area contributed by atoms with Gasteiger partial charge in [0.1, 0.15) is 17.4 Å². The predicted octanol–water partition coefficient (Wildman–Crippen LogP) is 1.68. The highest BCUT2D eigenvalue weighted by molar-refractivity contribution is 6.03. The van der Waals surface area contributed by atoms with E-state index in [4.69, 9.17) is 9.26 Å². The van der Waals surface area contributed by atoms with E-state index >= 15 is 0 Å². The molecule has 0 unspecified atom stereocenters. The van der Waals surface area contributed by atoms with Gasteiger partial charge in [0.15, 0.2) is 5.82 Å². The van der Waals surface area contributed by atoms with Crippen LogP contribution >= 0.6 is 0 Å². The van der Waals surface area contributed by atoms with Crippen molar-refractivity contribution in [2.24, 2.45) is 11.8 Å². The molecule has 2 N–H and O–H groups in total. The summed E-state index contributed by atoms with van der Waals surface area (Å²) in [5.41, 5.74) is -2.09. The minimum absolute atomic E-state index is 0.0348. The molecule has 2 saturated carbocycles. The summed E-state index contributed by atoms with van der Waals surface area (Å²) in [4.78, 5) is 42.4. The Bertz CT molecular complexity index is 1030. The van der Waals surface area contributed by atoms with E-state index in [2.05, 4.69) is 15.8 Å². The lowest BCUT2D eigenvalue weighted by molar-refractivity contribution is -0.144. The Balaban J connectivity index is 1.34. The van der Waals surface area contributed by atoms with Crippen molar-refractivity contribution in [1.82, 2.24) is 15.4 Å². The molecule has 2 saturated heterocycles. The minimum Gasteiger partial charge on any atom is -0.360 e. The Morgan fingerprint density at radius 3 is 2.56 bits per heavy atom. The van der Waals surface area contributed by atoms with Gasteiger partial charge in [0.05, 0.1) is 17.4 Å². The minimum atomic E-state index is -1.13. The van der Waals surface area contributed by atoms with E-state index in [-0.39, 0.29) is 29.8 Å². The van der Waals surface area contributed by atoms with Crippen molar-refractivity contribution >= 4 is 23.5 Å². The van der Waals surface area contributed by atoms with E-state index in [9.17, 15) is 14.4 Å². The normalized spacial score (nSPS) is 37.9. The van der Waals surface area contributed by atoms with E-state index < -0.39 is 29.1 Å². The van der Waals surface area contributed by atoms with Crippen molar-refractivity contribution in [3.05, 3.63) is 24.0 Å². The molecule has 170 valence electrons. The fraction of sp³-hybridized carbons (Fsp3) is 0.652. The molecule has 3 aliphatic heterocycles. The first-order chi connectivity index (χ1) is 15.3. The Morgan fingerprint density at radius 1 is 1.16 bits per heavy atom. The first-order valence-electron chi connectivity index (χ1n) is 11.6. The lowest BCUT2D eigenvalue weighted by atomic mass is 9.70. The average molecular weight is 441 g/mol. The molecule has 5 aliphatic rings. The summed E-state index contributed by atoms with van der Waals surface area (Å²) < 4.78 is 11.5. The summed E-state index contributed by atoms with van der Waals surface area (Å²) in [5.74, 6) is -1.30. The third-order valence-corrected chi connectivity index (χ3v) is 7.79. The van der Waals surface area contributed by atoms with Gasteiger partial charge in [-0.3, -0.25) is 14.4 Å². The van der Waals surface area contributed by atoms with Crippen molar-refractivity contribution in [1.29, 1.82) is 0 Å². The lowest BCUT2D eigenvalue weighted by Gasteiger charge is -2.33. The van der Waals surface area contributed by atoms with Gasteiger partial charge in [0.25, 0.3) is 0 Å². The number of fused-ring (bicyclic) bond motifs is 1. The number of rotatable bonds is 5. The quantitative estimate of drug-likeness (QED) is 0.674. The number of nitrogens with one attached hydrogen (secondary N) is 2. The van der Waals surface area contributed by atoms with E-state index in [0.717, 1.165) is 38.5 Å². The first-order valence-corrected chi connectivity index (χ1v) is 11.6. The maximum Gasteiger partial charge on any atom is 0.246 e. The second kappa shape index (κ2) is 6.66. The topological polar surface area (TPSA) is 114 Å². The second-order valence-corrected chi connectivity index (χ2v) is 10.1. The summed E-state index contributed by atoms with van der Waals surface area (Å²) in [6.07, 6.45) is 9.59. The maximum atomic E-state index is 13.7. The number of hydrogen-bond acceptors (Lipinski definition) is 6. The smallest absolute Gasteiger partial charge is 0.246 e. The fourth-order valence-electron chi connectivity index (χ4n) is 6.29. The average Bonchev–Trinajstić information content (AvgIpc) is 3.06. The highest BCUT2D eigenvalue weighted by atomic mass is 16.5. The zero-order valence-electron chi connectivity index (χ0n) is 18.3. The van der Waals surface area contributed by atoms with Crippen molar-refractivity contribution < 1.29 is 23.6 Å². The molecule has 0 aromatic carbocycles. The van der Waals surface area contributed by atoms with Crippen molar-refractivity contribution in [2.45, 2.75) is 81.7 Å². The Kier molecular flexibility index (Phi) is 4.16. The van der Waals surface area contributed by atoms with Crippen LogP contribution in [0.4, 0.5) is 5.82 Å². The predicted molar refractivity (Wildman–Crippen MR) is 112 cm³/mol. The molecule has 2 aliphatic carbocycles. The molecule has 6 rings (SSSR count). The fourth-order valence-corrected chi connectivity index (χ4v) is 6.29. The number of carbonyl (C=O) groups excluding carboxylic acids is 3. The molecule has 32 heavy (non-hydrogen) atoms. The number of aryl methyl sites for hydroxylation is 1. The number of carbonyl (C=O) groups is 3. The summed E-state index contributed by atoms with van der Waals surface area (Å²) in [7, 11) is 0. The number of ether oxygens (including phenoxy) is 1. The molecule has 2 bridgehead atoms. The zero-order chi connectivity index (χ0) is 22.3. The standard InChI is InChI=1S/C23H28N4O5/c1-12-11-15(26-31-12)25-19(28)16-17-21(30)27(14-7-8-14)18(20(29)24-13-5-3-4-6-13)23(17)10-9-22(16,2)32-23/h9-11,13-14,16-18H,3-8H2,1-2H3,(H,24,29)(H,25,26,28)/t16-,17-,18+,22-,23+/m0/s1. The van der Waals surface area contributed by atoms with Crippen LogP contribution in [0.5, 0.6) is 0 Å². The second-order valence-electron chi connectivity index (χ2n) is 10.1. The molecule has 4 fully saturated rings. The SMILES string of the molecule is Cc1cc(NC(=O)[C@@H]2[C@H]3C(=O)N(C4CC4)[C@H](C(=O)NC4CCCC4)[C@@]34C=C[C@]2(C)O4)no1. The molecular formula is C23H28N4O5. The number of likely N-dealkylation sites (tertiary alicyclic amines) is 1. The zero-order valence-corrected chi connectivity index (χ0v) is 18.3. The molecule has 0 radical (unpaired) electrons. The van der Waals surface area contributed by atoms with E-state index in [1.807, 2.05) is 19.1 Å². The lowest BCUT2D eigenvalue weighted by Crippen LogP contribution is -2.56. The van der Waals surface area contributed by atoms with Crippen LogP contribution < -0.4 is 10.6 Å². The van der Waals surface area contributed by atoms with Gasteiger partial charge in [-0.1, -0.05) is 30.2 Å². The summed E-state index contributed by atoms with van der Waals surface area (Å²) in [5, 5.41) is 9.80. The van der Waals surface area contributed by atoms with Crippen LogP contribution in [0.2, 0.25) is 0 Å². The van der Waals surface area contributed by atoms with Crippen LogP contribution in [-0.4, -0.2) is 57.1 Å². The van der Waals surface area contributed by atoms with Gasteiger partial charge in [-0.15, -0.1) is 0 Å². The largest absolute Gasteiger partial charge is 0.360 e. The third kappa shape index (κ3) is 2.73. The molecule has 9 nitrogen and oxygen atoms in total. The van der Waals surface area contributed by atoms with Crippen LogP contribution in [0.3, 0.4) is 0 Å². The summed E-state index contributed by atoms with van der Waals surface area (Å²) in [6, 6.07) is 1.05. The summed E-state index contributed by atoms with van der Waals surface area (Å²) >= 11 is 0. The van der Waals surface area contributed by atoms with Crippen molar-refractivity contribution in [3.63, 3.8) is 0 Å². The molecule has 4 heterocycles. The molecule has 1 aromatic rings. The number of hydrogen-bond donors (Lipinski definition) is 2. The number of aromatic nitrogens is 1. The van der Waals surface area contributed by atoms with Crippen LogP contribution in [0, 0.1) is 18.8 Å². The molecule has 1 aromatic heterocycles.